The smallest absolute Gasteiger partial charge is 0.307 e. The van der Waals surface area contributed by atoms with E-state index in [2.05, 4.69) is 4.90 Å². The second-order valence-corrected chi connectivity index (χ2v) is 5.17. The van der Waals surface area contributed by atoms with Crippen LogP contribution in [-0.2, 0) is 17.8 Å². The number of hydrogen-bond donors (Lipinski definition) is 1. The zero-order valence-corrected chi connectivity index (χ0v) is 12.2. The van der Waals surface area contributed by atoms with Gasteiger partial charge in [-0.1, -0.05) is 30.3 Å². The van der Waals surface area contributed by atoms with Crippen LogP contribution in [0.25, 0.3) is 0 Å². The summed E-state index contributed by atoms with van der Waals surface area (Å²) in [6, 6.07) is 15.0. The number of ether oxygens (including phenoxy) is 1. The van der Waals surface area contributed by atoms with Gasteiger partial charge < -0.3 is 14.7 Å². The molecule has 0 radical (unpaired) electrons. The Hall–Kier alpha value is -2.33. The van der Waals surface area contributed by atoms with E-state index in [4.69, 9.17) is 9.84 Å². The van der Waals surface area contributed by atoms with Gasteiger partial charge in [-0.05, 0) is 37.9 Å². The molecule has 0 aromatic heterocycles. The maximum Gasteiger partial charge on any atom is 0.307 e. The van der Waals surface area contributed by atoms with E-state index >= 15 is 0 Å². The summed E-state index contributed by atoms with van der Waals surface area (Å²) >= 11 is 0. The van der Waals surface area contributed by atoms with E-state index in [0.29, 0.717) is 5.75 Å². The van der Waals surface area contributed by atoms with Crippen molar-refractivity contribution in [2.24, 2.45) is 0 Å². The van der Waals surface area contributed by atoms with E-state index in [1.54, 1.807) is 12.1 Å². The van der Waals surface area contributed by atoms with Crippen LogP contribution in [0.5, 0.6) is 11.5 Å². The standard InChI is InChI=1S/C17H19NO3/c1-18(2)12-14-7-3-4-9-16(14)21-15-8-5-6-13(10-15)11-17(19)20/h3-10H,11-12H2,1-2H3,(H,19,20). The van der Waals surface area contributed by atoms with Crippen molar-refractivity contribution in [1.29, 1.82) is 0 Å². The predicted octanol–water partition coefficient (Wildman–Crippen LogP) is 3.17. The minimum absolute atomic E-state index is 0.00343. The second kappa shape index (κ2) is 6.90. The molecule has 0 saturated heterocycles. The van der Waals surface area contributed by atoms with E-state index in [1.807, 2.05) is 50.5 Å². The number of para-hydroxylation sites is 1. The number of benzene rings is 2. The van der Waals surface area contributed by atoms with Gasteiger partial charge in [0.2, 0.25) is 0 Å². The molecule has 0 fully saturated rings. The molecular formula is C17H19NO3. The third kappa shape index (κ3) is 4.61. The minimum Gasteiger partial charge on any atom is -0.481 e. The first-order valence-corrected chi connectivity index (χ1v) is 6.76. The van der Waals surface area contributed by atoms with Gasteiger partial charge in [-0.15, -0.1) is 0 Å². The highest BCUT2D eigenvalue weighted by Gasteiger charge is 2.07. The van der Waals surface area contributed by atoms with Gasteiger partial charge in [0.1, 0.15) is 11.5 Å². The van der Waals surface area contributed by atoms with Crippen LogP contribution in [0.4, 0.5) is 0 Å². The molecule has 21 heavy (non-hydrogen) atoms. The fourth-order valence-corrected chi connectivity index (χ4v) is 2.10. The molecule has 0 aliphatic heterocycles. The lowest BCUT2D eigenvalue weighted by atomic mass is 10.1. The number of hydrogen-bond acceptors (Lipinski definition) is 3. The molecule has 0 aliphatic carbocycles. The fourth-order valence-electron chi connectivity index (χ4n) is 2.10. The van der Waals surface area contributed by atoms with Crippen LogP contribution in [0.2, 0.25) is 0 Å². The summed E-state index contributed by atoms with van der Waals surface area (Å²) in [5.41, 5.74) is 1.82. The monoisotopic (exact) mass is 285 g/mol. The zero-order valence-electron chi connectivity index (χ0n) is 12.2. The Balaban J connectivity index is 2.20. The van der Waals surface area contributed by atoms with Crippen molar-refractivity contribution < 1.29 is 14.6 Å². The molecule has 110 valence electrons. The predicted molar refractivity (Wildman–Crippen MR) is 81.7 cm³/mol. The molecule has 0 atom stereocenters. The number of carbonyl (C=O) groups is 1. The van der Waals surface area contributed by atoms with Crippen LogP contribution in [-0.4, -0.2) is 30.1 Å². The molecule has 4 nitrogen and oxygen atoms in total. The Labute approximate surface area is 124 Å². The van der Waals surface area contributed by atoms with Gasteiger partial charge in [0.05, 0.1) is 6.42 Å². The summed E-state index contributed by atoms with van der Waals surface area (Å²) in [5, 5.41) is 8.84. The highest BCUT2D eigenvalue weighted by atomic mass is 16.5. The van der Waals surface area contributed by atoms with Gasteiger partial charge in [0.25, 0.3) is 0 Å². The largest absolute Gasteiger partial charge is 0.481 e. The Kier molecular flexibility index (Phi) is 4.95. The Bertz CT molecular complexity index is 623. The quantitative estimate of drug-likeness (QED) is 0.885. The summed E-state index contributed by atoms with van der Waals surface area (Å²) < 4.78 is 5.91. The average molecular weight is 285 g/mol. The molecule has 0 aliphatic rings. The van der Waals surface area contributed by atoms with E-state index in [0.717, 1.165) is 23.4 Å². The summed E-state index contributed by atoms with van der Waals surface area (Å²) in [6.07, 6.45) is -0.00343. The summed E-state index contributed by atoms with van der Waals surface area (Å²) in [6.45, 7) is 0.783. The number of carboxylic acid groups (broad SMARTS) is 1. The molecule has 0 spiro atoms. The SMILES string of the molecule is CN(C)Cc1ccccc1Oc1cccc(CC(=O)O)c1. The van der Waals surface area contributed by atoms with E-state index < -0.39 is 5.97 Å². The highest BCUT2D eigenvalue weighted by Crippen LogP contribution is 2.26. The van der Waals surface area contributed by atoms with Crippen LogP contribution in [0.3, 0.4) is 0 Å². The number of carboxylic acids is 1. The number of rotatable bonds is 6. The van der Waals surface area contributed by atoms with Crippen LogP contribution >= 0.6 is 0 Å². The summed E-state index contributed by atoms with van der Waals surface area (Å²) in [5.74, 6) is 0.596. The van der Waals surface area contributed by atoms with Gasteiger partial charge >= 0.3 is 5.97 Å². The maximum atomic E-state index is 10.8. The average Bonchev–Trinajstić information content (AvgIpc) is 2.40. The van der Waals surface area contributed by atoms with Gasteiger partial charge in [-0.3, -0.25) is 4.79 Å². The highest BCUT2D eigenvalue weighted by molar-refractivity contribution is 5.70. The van der Waals surface area contributed by atoms with E-state index in [9.17, 15) is 4.79 Å². The van der Waals surface area contributed by atoms with Crippen LogP contribution in [0, 0.1) is 0 Å². The third-order valence-electron chi connectivity index (χ3n) is 2.94. The first-order valence-electron chi connectivity index (χ1n) is 6.76. The Morgan fingerprint density at radius 1 is 1.14 bits per heavy atom. The molecule has 1 N–H and O–H groups in total. The van der Waals surface area contributed by atoms with Crippen LogP contribution in [0.15, 0.2) is 48.5 Å². The lowest BCUT2D eigenvalue weighted by Crippen LogP contribution is -2.11. The van der Waals surface area contributed by atoms with Crippen molar-refractivity contribution in [2.75, 3.05) is 14.1 Å². The topological polar surface area (TPSA) is 49.8 Å². The molecule has 0 bridgehead atoms. The van der Waals surface area contributed by atoms with Gasteiger partial charge in [0.15, 0.2) is 0 Å². The van der Waals surface area contributed by atoms with Crippen LogP contribution < -0.4 is 4.74 Å². The lowest BCUT2D eigenvalue weighted by Gasteiger charge is -2.15. The summed E-state index contributed by atoms with van der Waals surface area (Å²) in [4.78, 5) is 12.8. The van der Waals surface area contributed by atoms with Crippen molar-refractivity contribution in [3.8, 4) is 11.5 Å². The van der Waals surface area contributed by atoms with E-state index in [1.165, 1.54) is 0 Å². The normalized spacial score (nSPS) is 10.6. The van der Waals surface area contributed by atoms with Crippen molar-refractivity contribution in [2.45, 2.75) is 13.0 Å². The molecular weight excluding hydrogens is 266 g/mol. The zero-order chi connectivity index (χ0) is 15.2. The number of aliphatic carboxylic acids is 1. The molecule has 0 heterocycles. The third-order valence-corrected chi connectivity index (χ3v) is 2.94. The fraction of sp³-hybridized carbons (Fsp3) is 0.235. The maximum absolute atomic E-state index is 10.8. The molecule has 2 rings (SSSR count). The lowest BCUT2D eigenvalue weighted by molar-refractivity contribution is -0.136. The molecule has 2 aromatic carbocycles. The molecule has 4 heteroatoms. The molecule has 0 saturated carbocycles. The first-order chi connectivity index (χ1) is 10.0. The minimum atomic E-state index is -0.847. The van der Waals surface area contributed by atoms with Crippen molar-refractivity contribution in [1.82, 2.24) is 4.90 Å². The van der Waals surface area contributed by atoms with E-state index in [-0.39, 0.29) is 6.42 Å². The summed E-state index contributed by atoms with van der Waals surface area (Å²) in [7, 11) is 4.01. The van der Waals surface area contributed by atoms with Crippen molar-refractivity contribution in [3.05, 3.63) is 59.7 Å². The molecule has 0 amide bonds. The second-order valence-electron chi connectivity index (χ2n) is 5.17. The van der Waals surface area contributed by atoms with Gasteiger partial charge in [-0.25, -0.2) is 0 Å². The first kappa shape index (κ1) is 15.1. The molecule has 2 aromatic rings. The Morgan fingerprint density at radius 3 is 2.62 bits per heavy atom. The number of nitrogens with zero attached hydrogens (tertiary/aromatic N) is 1. The van der Waals surface area contributed by atoms with Crippen LogP contribution in [0.1, 0.15) is 11.1 Å². The van der Waals surface area contributed by atoms with Gasteiger partial charge in [-0.2, -0.15) is 0 Å². The van der Waals surface area contributed by atoms with Gasteiger partial charge in [0, 0.05) is 12.1 Å². The Morgan fingerprint density at radius 2 is 1.90 bits per heavy atom. The van der Waals surface area contributed by atoms with Crippen molar-refractivity contribution in [3.63, 3.8) is 0 Å². The molecule has 0 unspecified atom stereocenters. The van der Waals surface area contributed by atoms with Crippen molar-refractivity contribution >= 4 is 5.97 Å².